The van der Waals surface area contributed by atoms with Crippen molar-refractivity contribution in [3.05, 3.63) is 53.1 Å². The molecule has 6 rings (SSSR count). The zero-order valence-electron chi connectivity index (χ0n) is 43.9. The van der Waals surface area contributed by atoms with E-state index in [-0.39, 0.29) is 5.92 Å². The Morgan fingerprint density at radius 1 is 0.472 bits per heavy atom. The Hall–Kier alpha value is -6.72. The number of piperidine rings is 3. The van der Waals surface area contributed by atoms with E-state index in [0.717, 1.165) is 131 Å². The maximum atomic E-state index is 13.6. The Morgan fingerprint density at radius 2 is 0.764 bits per heavy atom. The maximum Gasteiger partial charge on any atom is 0.333 e. The number of carbonyl (C=O) groups excluding carboxylic acids is 6. The molecular weight excluding hydrogens is 919 g/mol. The minimum absolute atomic E-state index is 0.212. The molecule has 18 heteroatoms. The normalized spacial score (nSPS) is 16.2. The van der Waals surface area contributed by atoms with Crippen molar-refractivity contribution in [1.82, 2.24) is 16.0 Å². The Labute approximate surface area is 425 Å². The molecular formula is C54H77N9O9. The van der Waals surface area contributed by atoms with Crippen LogP contribution in [0.1, 0.15) is 101 Å². The van der Waals surface area contributed by atoms with Gasteiger partial charge in [0.25, 0.3) is 0 Å². The first-order valence-corrected chi connectivity index (χ1v) is 25.6. The third kappa shape index (κ3) is 13.6. The van der Waals surface area contributed by atoms with Gasteiger partial charge in [-0.25, -0.2) is 14.4 Å². The number of nitrogens with zero attached hydrogens (tertiary/aromatic N) is 6. The van der Waals surface area contributed by atoms with Crippen LogP contribution in [0.5, 0.6) is 17.2 Å². The van der Waals surface area contributed by atoms with E-state index in [1.54, 1.807) is 20.8 Å². The van der Waals surface area contributed by atoms with Crippen LogP contribution < -0.4 is 59.6 Å². The van der Waals surface area contributed by atoms with E-state index in [1.807, 2.05) is 57.0 Å². The first-order chi connectivity index (χ1) is 34.5. The lowest BCUT2D eigenvalue weighted by Gasteiger charge is -2.34. The van der Waals surface area contributed by atoms with E-state index in [2.05, 4.69) is 67.0 Å². The second-order valence-corrected chi connectivity index (χ2v) is 20.0. The van der Waals surface area contributed by atoms with Gasteiger partial charge in [-0.2, -0.15) is 0 Å². The smallest absolute Gasteiger partial charge is 0.333 e. The third-order valence-electron chi connectivity index (χ3n) is 13.9. The van der Waals surface area contributed by atoms with Crippen molar-refractivity contribution in [3.8, 4) is 17.2 Å². The summed E-state index contributed by atoms with van der Waals surface area (Å²) in [5.41, 5.74) is 7.54. The summed E-state index contributed by atoms with van der Waals surface area (Å²) in [4.78, 5) is 87.7. The number of esters is 3. The molecule has 3 saturated heterocycles. The number of hydrogen-bond acceptors (Lipinski definition) is 15. The molecule has 0 saturated carbocycles. The van der Waals surface area contributed by atoms with Crippen LogP contribution in [-0.4, -0.2) is 137 Å². The minimum atomic E-state index is -0.877. The fourth-order valence-electron chi connectivity index (χ4n) is 9.78. The van der Waals surface area contributed by atoms with Gasteiger partial charge in [-0.1, -0.05) is 0 Å². The van der Waals surface area contributed by atoms with E-state index in [0.29, 0.717) is 66.4 Å². The van der Waals surface area contributed by atoms with Crippen LogP contribution in [0, 0.1) is 0 Å². The molecule has 0 aliphatic carbocycles. The van der Waals surface area contributed by atoms with E-state index in [1.165, 1.54) is 0 Å². The number of hydrogen-bond donors (Lipinski definition) is 3. The van der Waals surface area contributed by atoms with E-state index in [9.17, 15) is 28.8 Å². The Balaban J connectivity index is 1.59. The highest BCUT2D eigenvalue weighted by Gasteiger charge is 2.31. The largest absolute Gasteiger partial charge is 0.421 e. The lowest BCUT2D eigenvalue weighted by atomic mass is 9.85. The topological polar surface area (TPSA) is 186 Å². The van der Waals surface area contributed by atoms with Gasteiger partial charge in [-0.05, 0) is 150 Å². The van der Waals surface area contributed by atoms with Gasteiger partial charge in [0.05, 0.1) is 34.1 Å². The van der Waals surface area contributed by atoms with E-state index in [4.69, 9.17) is 14.2 Å². The second kappa shape index (κ2) is 25.6. The molecule has 0 radical (unpaired) electrons. The van der Waals surface area contributed by atoms with Gasteiger partial charge in [0.1, 0.15) is 18.1 Å². The van der Waals surface area contributed by atoms with E-state index >= 15 is 0 Å². The molecule has 392 valence electrons. The van der Waals surface area contributed by atoms with Crippen LogP contribution in [0.3, 0.4) is 0 Å². The molecule has 3 fully saturated rings. The molecule has 0 bridgehead atoms. The van der Waals surface area contributed by atoms with E-state index < -0.39 is 36.0 Å². The highest BCUT2D eigenvalue weighted by Crippen LogP contribution is 2.47. The van der Waals surface area contributed by atoms with Gasteiger partial charge in [-0.3, -0.25) is 14.4 Å². The summed E-state index contributed by atoms with van der Waals surface area (Å²) < 4.78 is 18.8. The van der Waals surface area contributed by atoms with Crippen LogP contribution in [0.15, 0.2) is 36.4 Å². The van der Waals surface area contributed by atoms with Crippen molar-refractivity contribution < 1.29 is 43.0 Å². The van der Waals surface area contributed by atoms with Crippen LogP contribution in [-0.2, 0) is 41.6 Å². The second-order valence-electron chi connectivity index (χ2n) is 20.0. The average Bonchev–Trinajstić information content (AvgIpc) is 3.37. The number of rotatable bonds is 23. The molecule has 3 aromatic rings. The molecule has 3 N–H and O–H groups in total. The maximum absolute atomic E-state index is 13.6. The van der Waals surface area contributed by atoms with Crippen LogP contribution in [0.4, 0.5) is 34.1 Å². The summed E-state index contributed by atoms with van der Waals surface area (Å²) >= 11 is 0. The molecule has 0 spiro atoms. The summed E-state index contributed by atoms with van der Waals surface area (Å²) in [7, 11) is 11.6. The number of amides is 3. The third-order valence-corrected chi connectivity index (χ3v) is 13.9. The number of nitrogens with one attached hydrogen (secondary N) is 3. The van der Waals surface area contributed by atoms with Crippen molar-refractivity contribution >= 4 is 71.3 Å². The molecule has 18 nitrogen and oxygen atoms in total. The zero-order chi connectivity index (χ0) is 52.1. The van der Waals surface area contributed by atoms with Crippen molar-refractivity contribution in [2.24, 2.45) is 0 Å². The van der Waals surface area contributed by atoms with Crippen molar-refractivity contribution in [2.75, 3.05) is 111 Å². The summed E-state index contributed by atoms with van der Waals surface area (Å²) in [6.45, 7) is 9.47. The molecule has 3 aromatic carbocycles. The summed E-state index contributed by atoms with van der Waals surface area (Å²) in [5, 5.41) is 7.62. The first-order valence-electron chi connectivity index (χ1n) is 25.6. The number of benzene rings is 3. The molecule has 3 heterocycles. The highest BCUT2D eigenvalue weighted by molar-refractivity contribution is 5.88. The molecule has 3 aliphatic heterocycles. The van der Waals surface area contributed by atoms with Crippen LogP contribution in [0.2, 0.25) is 0 Å². The van der Waals surface area contributed by atoms with Crippen molar-refractivity contribution in [2.45, 2.75) is 115 Å². The Kier molecular flexibility index (Phi) is 19.4. The van der Waals surface area contributed by atoms with Crippen LogP contribution in [0.25, 0.3) is 0 Å². The Morgan fingerprint density at radius 3 is 1.06 bits per heavy atom. The average molecular weight is 996 g/mol. The lowest BCUT2D eigenvalue weighted by molar-refractivity contribution is -0.137. The monoisotopic (exact) mass is 996 g/mol. The summed E-state index contributed by atoms with van der Waals surface area (Å²) in [5.74, 6) is -0.644. The minimum Gasteiger partial charge on any atom is -0.421 e. The molecule has 0 aromatic heterocycles. The lowest BCUT2D eigenvalue weighted by Crippen LogP contribution is -2.37. The molecule has 0 unspecified atom stereocenters. The predicted molar refractivity (Wildman–Crippen MR) is 284 cm³/mol. The van der Waals surface area contributed by atoms with Crippen molar-refractivity contribution in [3.63, 3.8) is 0 Å². The van der Waals surface area contributed by atoms with Gasteiger partial charge in [0, 0.05) is 81.6 Å². The van der Waals surface area contributed by atoms with Gasteiger partial charge in [0.2, 0.25) is 19.2 Å². The fourth-order valence-corrected chi connectivity index (χ4v) is 9.78. The molecule has 3 amide bonds. The summed E-state index contributed by atoms with van der Waals surface area (Å²) in [6, 6.07) is 10.1. The fraction of sp³-hybridized carbons (Fsp3) is 0.556. The van der Waals surface area contributed by atoms with Crippen LogP contribution >= 0.6 is 0 Å². The quantitative estimate of drug-likeness (QED) is 0.0611. The van der Waals surface area contributed by atoms with Gasteiger partial charge in [0.15, 0.2) is 17.2 Å². The molecule has 3 atom stereocenters. The van der Waals surface area contributed by atoms with Gasteiger partial charge < -0.3 is 59.6 Å². The highest BCUT2D eigenvalue weighted by atomic mass is 16.5. The Bertz CT molecular complexity index is 2270. The number of ether oxygens (including phenoxy) is 3. The standard InChI is InChI=1S/C54H77N9O9/c1-36(55-33-64)52(67)70-49-43(58(4)5)27-39(29-46(49)61-19-13-10-14-20-61)25-41(42-31-45(60(8)9)51(72-54(69)38(3)57-35-66)48(32-42)63-23-17-12-18-24-63)26-40-28-44(59(6)7)50(71-53(68)37(2)56-34-65)47(30-40)62-21-15-11-16-22-62/h27-38,41H,10-26H2,1-9H3,(H,55,64)(H,56,65)(H,57,66)/t36-,37-,38-/m1/s1. The first kappa shape index (κ1) is 54.6. The molecule has 72 heavy (non-hydrogen) atoms. The van der Waals surface area contributed by atoms with Crippen molar-refractivity contribution in [1.29, 1.82) is 0 Å². The van der Waals surface area contributed by atoms with Gasteiger partial charge >= 0.3 is 17.9 Å². The number of carbonyl (C=O) groups is 6. The molecule has 3 aliphatic rings. The zero-order valence-corrected chi connectivity index (χ0v) is 43.9. The van der Waals surface area contributed by atoms with Gasteiger partial charge in [-0.15, -0.1) is 0 Å². The predicted octanol–water partition coefficient (Wildman–Crippen LogP) is 5.54. The summed E-state index contributed by atoms with van der Waals surface area (Å²) in [6.07, 6.45) is 11.7. The number of anilines is 6. The SMILES string of the molecule is C[C@@H](NC=O)C(=O)Oc1c(N(C)C)cc(CC(Cc2cc(N(C)C)c(OC(=O)[C@@H](C)NC=O)c(N3CCCCC3)c2)c2cc(N(C)C)c(OC(=O)[C@@H](C)NC=O)c(N3CCCCC3)c2)cc1N1CCCCC1.